The minimum atomic E-state index is 0.0449. The van der Waals surface area contributed by atoms with E-state index in [0.717, 1.165) is 5.69 Å². The predicted molar refractivity (Wildman–Crippen MR) is 61.5 cm³/mol. The number of aromatic nitrogens is 3. The second-order valence-corrected chi connectivity index (χ2v) is 3.36. The predicted octanol–water partition coefficient (Wildman–Crippen LogP) is 0.886. The lowest BCUT2D eigenvalue weighted by Gasteiger charge is -2.01. The van der Waals surface area contributed by atoms with E-state index in [2.05, 4.69) is 15.4 Å². The van der Waals surface area contributed by atoms with Gasteiger partial charge in [-0.3, -0.25) is 4.68 Å². The molecular weight excluding hydrogens is 218 g/mol. The van der Waals surface area contributed by atoms with Crippen LogP contribution in [-0.2, 0) is 6.54 Å². The van der Waals surface area contributed by atoms with Crippen molar-refractivity contribution in [3.8, 4) is 6.07 Å². The van der Waals surface area contributed by atoms with Gasteiger partial charge in [-0.1, -0.05) is 6.07 Å². The van der Waals surface area contributed by atoms with Gasteiger partial charge < -0.3 is 10.4 Å². The number of hydrogen-bond donors (Lipinski definition) is 2. The third-order valence-corrected chi connectivity index (χ3v) is 2.10. The summed E-state index contributed by atoms with van der Waals surface area (Å²) in [4.78, 5) is 4.08. The zero-order chi connectivity index (χ0) is 12.1. The number of nitriles is 1. The number of aliphatic hydroxyl groups is 1. The Bertz CT molecular complexity index is 543. The Morgan fingerprint density at radius 3 is 3.12 bits per heavy atom. The van der Waals surface area contributed by atoms with Gasteiger partial charge >= 0.3 is 0 Å². The van der Waals surface area contributed by atoms with E-state index in [4.69, 9.17) is 10.4 Å². The molecule has 0 aliphatic carbocycles. The average Bonchev–Trinajstić information content (AvgIpc) is 2.77. The lowest BCUT2D eigenvalue weighted by atomic mass is 10.3. The smallest absolute Gasteiger partial charge is 0.142 e. The van der Waals surface area contributed by atoms with Crippen molar-refractivity contribution < 1.29 is 5.11 Å². The first kappa shape index (κ1) is 11.1. The van der Waals surface area contributed by atoms with Crippen molar-refractivity contribution in [3.63, 3.8) is 0 Å². The zero-order valence-corrected chi connectivity index (χ0v) is 9.04. The van der Waals surface area contributed by atoms with Crippen LogP contribution >= 0.6 is 0 Å². The number of aliphatic hydroxyl groups excluding tert-OH is 1. The fourth-order valence-corrected chi connectivity index (χ4v) is 1.37. The molecule has 0 aliphatic rings. The summed E-state index contributed by atoms with van der Waals surface area (Å²) < 4.78 is 1.62. The van der Waals surface area contributed by atoms with Crippen LogP contribution in [0.1, 0.15) is 5.69 Å². The third-order valence-electron chi connectivity index (χ3n) is 2.10. The lowest BCUT2D eigenvalue weighted by molar-refractivity contribution is 0.269. The molecule has 0 fully saturated rings. The first-order valence-corrected chi connectivity index (χ1v) is 5.09. The van der Waals surface area contributed by atoms with Gasteiger partial charge in [0.05, 0.1) is 25.0 Å². The summed E-state index contributed by atoms with van der Waals surface area (Å²) in [7, 11) is 0. The molecule has 0 radical (unpaired) electrons. The molecule has 0 aliphatic heterocycles. The molecule has 2 aromatic heterocycles. The Labute approximate surface area is 98.1 Å². The highest BCUT2D eigenvalue weighted by atomic mass is 16.3. The monoisotopic (exact) mass is 229 g/mol. The van der Waals surface area contributed by atoms with Crippen molar-refractivity contribution in [1.82, 2.24) is 14.8 Å². The summed E-state index contributed by atoms with van der Waals surface area (Å²) in [5.74, 6) is 0.590. The summed E-state index contributed by atoms with van der Waals surface area (Å²) in [6, 6.07) is 7.14. The van der Waals surface area contributed by atoms with Crippen LogP contribution in [0.4, 0.5) is 11.5 Å². The molecular formula is C11H11N5O. The number of anilines is 2. The Hall–Kier alpha value is -2.39. The summed E-state index contributed by atoms with van der Waals surface area (Å²) in [5.41, 5.74) is 1.12. The molecule has 0 unspecified atom stereocenters. The topological polar surface area (TPSA) is 86.8 Å². The molecule has 0 spiro atoms. The molecule has 0 bridgehead atoms. The molecule has 0 aromatic carbocycles. The maximum Gasteiger partial charge on any atom is 0.142 e. The second kappa shape index (κ2) is 5.09. The van der Waals surface area contributed by atoms with Gasteiger partial charge in [0.1, 0.15) is 17.6 Å². The average molecular weight is 229 g/mol. The van der Waals surface area contributed by atoms with E-state index in [1.807, 2.05) is 6.07 Å². The van der Waals surface area contributed by atoms with Crippen LogP contribution in [0.25, 0.3) is 0 Å². The van der Waals surface area contributed by atoms with Crippen molar-refractivity contribution in [1.29, 1.82) is 5.26 Å². The Morgan fingerprint density at radius 1 is 1.47 bits per heavy atom. The van der Waals surface area contributed by atoms with Crippen molar-refractivity contribution in [2.45, 2.75) is 6.54 Å². The van der Waals surface area contributed by atoms with Gasteiger partial charge in [0.15, 0.2) is 0 Å². The van der Waals surface area contributed by atoms with Gasteiger partial charge in [-0.25, -0.2) is 4.98 Å². The number of nitrogens with one attached hydrogen (secondary N) is 1. The van der Waals surface area contributed by atoms with Crippen LogP contribution in [-0.4, -0.2) is 26.5 Å². The Kier molecular flexibility index (Phi) is 3.33. The summed E-state index contributed by atoms with van der Waals surface area (Å²) in [5, 5.41) is 24.6. The number of nitrogens with zero attached hydrogens (tertiary/aromatic N) is 4. The first-order chi connectivity index (χ1) is 8.31. The quantitative estimate of drug-likeness (QED) is 0.812. The van der Waals surface area contributed by atoms with Crippen LogP contribution in [0.3, 0.4) is 0 Å². The van der Waals surface area contributed by atoms with Gasteiger partial charge in [0.2, 0.25) is 0 Å². The van der Waals surface area contributed by atoms with Crippen LogP contribution in [0.5, 0.6) is 0 Å². The minimum absolute atomic E-state index is 0.0449. The largest absolute Gasteiger partial charge is 0.394 e. The molecule has 0 amide bonds. The first-order valence-electron chi connectivity index (χ1n) is 5.09. The number of hydrogen-bond acceptors (Lipinski definition) is 5. The van der Waals surface area contributed by atoms with Gasteiger partial charge in [0.25, 0.3) is 0 Å². The maximum absolute atomic E-state index is 8.76. The number of pyridine rings is 1. The van der Waals surface area contributed by atoms with Crippen LogP contribution in [0.2, 0.25) is 0 Å². The lowest BCUT2D eigenvalue weighted by Crippen LogP contribution is -2.01. The van der Waals surface area contributed by atoms with E-state index in [-0.39, 0.29) is 6.61 Å². The molecule has 2 aromatic rings. The van der Waals surface area contributed by atoms with E-state index in [1.165, 1.54) is 0 Å². The second-order valence-electron chi connectivity index (χ2n) is 3.36. The highest BCUT2D eigenvalue weighted by molar-refractivity contribution is 5.54. The van der Waals surface area contributed by atoms with Crippen LogP contribution in [0, 0.1) is 11.3 Å². The van der Waals surface area contributed by atoms with E-state index in [9.17, 15) is 0 Å². The Balaban J connectivity index is 2.11. The molecule has 17 heavy (non-hydrogen) atoms. The normalized spacial score (nSPS) is 9.88. The van der Waals surface area contributed by atoms with Gasteiger partial charge in [0, 0.05) is 6.20 Å². The highest BCUT2D eigenvalue weighted by Gasteiger charge is 2.00. The highest BCUT2D eigenvalue weighted by Crippen LogP contribution is 2.13. The molecule has 0 saturated heterocycles. The Morgan fingerprint density at radius 2 is 2.35 bits per heavy atom. The molecule has 2 rings (SSSR count). The van der Waals surface area contributed by atoms with Crippen molar-refractivity contribution in [2.75, 3.05) is 11.9 Å². The van der Waals surface area contributed by atoms with Crippen molar-refractivity contribution >= 4 is 11.5 Å². The molecule has 2 N–H and O–H groups in total. The van der Waals surface area contributed by atoms with E-state index >= 15 is 0 Å². The molecule has 0 saturated carbocycles. The van der Waals surface area contributed by atoms with Crippen LogP contribution < -0.4 is 5.32 Å². The van der Waals surface area contributed by atoms with Crippen molar-refractivity contribution in [3.05, 3.63) is 36.3 Å². The summed E-state index contributed by atoms with van der Waals surface area (Å²) >= 11 is 0. The third kappa shape index (κ3) is 2.80. The van der Waals surface area contributed by atoms with Crippen LogP contribution in [0.15, 0.2) is 30.6 Å². The number of rotatable bonds is 4. The van der Waals surface area contributed by atoms with Gasteiger partial charge in [-0.15, -0.1) is 0 Å². The minimum Gasteiger partial charge on any atom is -0.394 e. The van der Waals surface area contributed by atoms with Gasteiger partial charge in [-0.05, 0) is 12.1 Å². The fraction of sp³-hybridized carbons (Fsp3) is 0.182. The fourth-order valence-electron chi connectivity index (χ4n) is 1.37. The maximum atomic E-state index is 8.76. The molecule has 6 heteroatoms. The standard InChI is InChI=1S/C11H11N5O/c12-6-9-2-1-3-11(14-9)15-10-7-13-16(8-10)4-5-17/h1-3,7-8,17H,4-5H2,(H,14,15). The van der Waals surface area contributed by atoms with Gasteiger partial charge in [-0.2, -0.15) is 10.4 Å². The van der Waals surface area contributed by atoms with E-state index < -0.39 is 0 Å². The SMILES string of the molecule is N#Cc1cccc(Nc2cnn(CCO)c2)n1. The zero-order valence-electron chi connectivity index (χ0n) is 9.04. The van der Waals surface area contributed by atoms with E-state index in [1.54, 1.807) is 35.3 Å². The molecule has 6 nitrogen and oxygen atoms in total. The molecule has 0 atom stereocenters. The van der Waals surface area contributed by atoms with E-state index in [0.29, 0.717) is 18.1 Å². The summed E-state index contributed by atoms with van der Waals surface area (Å²) in [6.45, 7) is 0.497. The van der Waals surface area contributed by atoms with Crippen molar-refractivity contribution in [2.24, 2.45) is 0 Å². The molecule has 2 heterocycles. The summed E-state index contributed by atoms with van der Waals surface area (Å²) in [6.07, 6.45) is 3.40. The molecule has 86 valence electrons.